The summed E-state index contributed by atoms with van der Waals surface area (Å²) in [5.41, 5.74) is 1.06. The normalized spacial score (nSPS) is 11.1. The van der Waals surface area contributed by atoms with Gasteiger partial charge in [-0.05, 0) is 37.6 Å². The third kappa shape index (κ3) is 3.91. The number of hydrogen-bond acceptors (Lipinski definition) is 3. The Morgan fingerprint density at radius 1 is 1.16 bits per heavy atom. The lowest BCUT2D eigenvalue weighted by Gasteiger charge is -2.25. The minimum absolute atomic E-state index is 0.297. The molecule has 0 spiro atoms. The molecule has 0 radical (unpaired) electrons. The summed E-state index contributed by atoms with van der Waals surface area (Å²) in [7, 11) is 0. The first kappa shape index (κ1) is 13.3. The van der Waals surface area contributed by atoms with Crippen LogP contribution in [0.15, 0.2) is 54.9 Å². The van der Waals surface area contributed by atoms with Crippen LogP contribution in [0.5, 0.6) is 0 Å². The maximum Gasteiger partial charge on any atom is 0.338 e. The second-order valence-electron chi connectivity index (χ2n) is 5.05. The third-order valence-electron chi connectivity index (χ3n) is 2.73. The second kappa shape index (κ2) is 5.65. The van der Waals surface area contributed by atoms with Gasteiger partial charge in [0.2, 0.25) is 0 Å². The molecule has 3 nitrogen and oxygen atoms in total. The van der Waals surface area contributed by atoms with E-state index < -0.39 is 5.60 Å². The van der Waals surface area contributed by atoms with Crippen LogP contribution in [-0.2, 0) is 11.2 Å². The number of ether oxygens (including phenoxy) is 1. The van der Waals surface area contributed by atoms with Crippen molar-refractivity contribution in [3.8, 4) is 0 Å². The number of aromatic nitrogens is 1. The molecule has 0 saturated heterocycles. The van der Waals surface area contributed by atoms with Crippen molar-refractivity contribution < 1.29 is 9.53 Å². The third-order valence-corrected chi connectivity index (χ3v) is 2.73. The van der Waals surface area contributed by atoms with Gasteiger partial charge in [0.15, 0.2) is 0 Å². The molecule has 0 aliphatic heterocycles. The summed E-state index contributed by atoms with van der Waals surface area (Å²) in [6.07, 6.45) is 4.16. The van der Waals surface area contributed by atoms with Crippen LogP contribution in [0.25, 0.3) is 0 Å². The van der Waals surface area contributed by atoms with E-state index in [-0.39, 0.29) is 5.97 Å². The first-order valence-electron chi connectivity index (χ1n) is 6.24. The molecule has 19 heavy (non-hydrogen) atoms. The lowest BCUT2D eigenvalue weighted by atomic mass is 9.99. The molecular formula is C16H17NO2. The van der Waals surface area contributed by atoms with E-state index in [1.54, 1.807) is 24.5 Å². The number of carbonyl (C=O) groups excluding carboxylic acids is 1. The van der Waals surface area contributed by atoms with Gasteiger partial charge in [0, 0.05) is 18.8 Å². The van der Waals surface area contributed by atoms with Crippen molar-refractivity contribution in [3.05, 3.63) is 66.0 Å². The highest BCUT2D eigenvalue weighted by atomic mass is 16.6. The van der Waals surface area contributed by atoms with Crippen molar-refractivity contribution in [1.82, 2.24) is 4.98 Å². The van der Waals surface area contributed by atoms with Gasteiger partial charge in [-0.2, -0.15) is 0 Å². The summed E-state index contributed by atoms with van der Waals surface area (Å²) < 4.78 is 5.56. The van der Waals surface area contributed by atoms with Gasteiger partial charge < -0.3 is 4.74 Å². The molecule has 1 aromatic heterocycles. The molecule has 0 unspecified atom stereocenters. The molecule has 98 valence electrons. The molecule has 2 rings (SSSR count). The Hall–Kier alpha value is -2.16. The molecule has 0 N–H and O–H groups in total. The van der Waals surface area contributed by atoms with Crippen LogP contribution in [0, 0.1) is 0 Å². The van der Waals surface area contributed by atoms with E-state index in [4.69, 9.17) is 4.74 Å². The minimum Gasteiger partial charge on any atom is -0.456 e. The smallest absolute Gasteiger partial charge is 0.338 e. The lowest BCUT2D eigenvalue weighted by Crippen LogP contribution is -2.30. The Morgan fingerprint density at radius 3 is 2.53 bits per heavy atom. The van der Waals surface area contributed by atoms with Gasteiger partial charge in [-0.15, -0.1) is 0 Å². The second-order valence-corrected chi connectivity index (χ2v) is 5.05. The summed E-state index contributed by atoms with van der Waals surface area (Å²) >= 11 is 0. The van der Waals surface area contributed by atoms with Crippen molar-refractivity contribution in [3.63, 3.8) is 0 Å². The van der Waals surface area contributed by atoms with Gasteiger partial charge in [0.1, 0.15) is 5.60 Å². The highest BCUT2D eigenvalue weighted by Gasteiger charge is 2.24. The molecule has 0 bridgehead atoms. The number of pyridine rings is 1. The van der Waals surface area contributed by atoms with Crippen molar-refractivity contribution in [1.29, 1.82) is 0 Å². The highest BCUT2D eigenvalue weighted by molar-refractivity contribution is 5.89. The highest BCUT2D eigenvalue weighted by Crippen LogP contribution is 2.18. The quantitative estimate of drug-likeness (QED) is 0.787. The average molecular weight is 255 g/mol. The van der Waals surface area contributed by atoms with Crippen LogP contribution in [0.2, 0.25) is 0 Å². The number of rotatable bonds is 4. The van der Waals surface area contributed by atoms with E-state index in [0.29, 0.717) is 12.0 Å². The maximum absolute atomic E-state index is 12.0. The fraction of sp³-hybridized carbons (Fsp3) is 0.250. The van der Waals surface area contributed by atoms with Gasteiger partial charge in [-0.1, -0.05) is 24.3 Å². The first-order valence-corrected chi connectivity index (χ1v) is 6.24. The SMILES string of the molecule is CC(C)(Cc1cccnc1)OC(=O)c1ccccc1. The van der Waals surface area contributed by atoms with Crippen molar-refractivity contribution >= 4 is 5.97 Å². The fourth-order valence-corrected chi connectivity index (χ4v) is 1.91. The standard InChI is InChI=1S/C16H17NO2/c1-16(2,11-13-7-6-10-17-12-13)19-15(18)14-8-4-3-5-9-14/h3-10,12H,11H2,1-2H3. The Bertz CT molecular complexity index is 535. The van der Waals surface area contributed by atoms with E-state index in [0.717, 1.165) is 5.56 Å². The zero-order valence-electron chi connectivity index (χ0n) is 11.2. The van der Waals surface area contributed by atoms with Crippen LogP contribution in [0.3, 0.4) is 0 Å². The van der Waals surface area contributed by atoms with Crippen LogP contribution < -0.4 is 0 Å². The maximum atomic E-state index is 12.0. The van der Waals surface area contributed by atoms with Gasteiger partial charge in [0.25, 0.3) is 0 Å². The molecule has 1 heterocycles. The van der Waals surface area contributed by atoms with Crippen LogP contribution in [0.4, 0.5) is 0 Å². The molecule has 3 heteroatoms. The molecule has 0 aliphatic rings. The number of esters is 1. The molecule has 0 amide bonds. The molecule has 0 saturated carbocycles. The lowest BCUT2D eigenvalue weighted by molar-refractivity contribution is -0.000682. The Labute approximate surface area is 113 Å². The van der Waals surface area contributed by atoms with E-state index in [1.165, 1.54) is 0 Å². The molecule has 0 atom stereocenters. The molecular weight excluding hydrogens is 238 g/mol. The Kier molecular flexibility index (Phi) is 3.95. The van der Waals surface area contributed by atoms with E-state index in [1.807, 2.05) is 44.2 Å². The number of hydrogen-bond donors (Lipinski definition) is 0. The number of carbonyl (C=O) groups is 1. The first-order chi connectivity index (χ1) is 9.07. The van der Waals surface area contributed by atoms with E-state index in [9.17, 15) is 4.79 Å². The van der Waals surface area contributed by atoms with Gasteiger partial charge in [0.05, 0.1) is 5.56 Å². The summed E-state index contributed by atoms with van der Waals surface area (Å²) in [4.78, 5) is 16.1. The Balaban J connectivity index is 2.03. The van der Waals surface area contributed by atoms with Gasteiger partial charge >= 0.3 is 5.97 Å². The predicted octanol–water partition coefficient (Wildman–Crippen LogP) is 3.26. The summed E-state index contributed by atoms with van der Waals surface area (Å²) in [5.74, 6) is -0.297. The summed E-state index contributed by atoms with van der Waals surface area (Å²) in [6, 6.07) is 12.9. The van der Waals surface area contributed by atoms with Crippen LogP contribution >= 0.6 is 0 Å². The van der Waals surface area contributed by atoms with Crippen molar-refractivity contribution in [2.75, 3.05) is 0 Å². The van der Waals surface area contributed by atoms with Crippen molar-refractivity contribution in [2.24, 2.45) is 0 Å². The van der Waals surface area contributed by atoms with E-state index >= 15 is 0 Å². The van der Waals surface area contributed by atoms with Crippen molar-refractivity contribution in [2.45, 2.75) is 25.9 Å². The van der Waals surface area contributed by atoms with Crippen LogP contribution in [0.1, 0.15) is 29.8 Å². The average Bonchev–Trinajstić information content (AvgIpc) is 2.39. The summed E-state index contributed by atoms with van der Waals surface area (Å²) in [6.45, 7) is 3.81. The topological polar surface area (TPSA) is 39.2 Å². The summed E-state index contributed by atoms with van der Waals surface area (Å²) in [5, 5.41) is 0. The van der Waals surface area contributed by atoms with Gasteiger partial charge in [-0.25, -0.2) is 4.79 Å². The fourth-order valence-electron chi connectivity index (χ4n) is 1.91. The minimum atomic E-state index is -0.560. The van der Waals surface area contributed by atoms with Crippen LogP contribution in [-0.4, -0.2) is 16.6 Å². The predicted molar refractivity (Wildman–Crippen MR) is 73.9 cm³/mol. The van der Waals surface area contributed by atoms with E-state index in [2.05, 4.69) is 4.98 Å². The molecule has 0 aliphatic carbocycles. The van der Waals surface area contributed by atoms with Gasteiger partial charge in [-0.3, -0.25) is 4.98 Å². The molecule has 0 fully saturated rings. The number of nitrogens with zero attached hydrogens (tertiary/aromatic N) is 1. The zero-order chi connectivity index (χ0) is 13.7. The largest absolute Gasteiger partial charge is 0.456 e. The Morgan fingerprint density at radius 2 is 1.89 bits per heavy atom. The molecule has 2 aromatic rings. The zero-order valence-corrected chi connectivity index (χ0v) is 11.2. The monoisotopic (exact) mass is 255 g/mol. The molecule has 1 aromatic carbocycles. The number of benzene rings is 1.